The quantitative estimate of drug-likeness (QED) is 0.795. The molecule has 7 heteroatoms. The Labute approximate surface area is 120 Å². The zero-order valence-corrected chi connectivity index (χ0v) is 11.8. The molecule has 3 aromatic heterocycles. The second kappa shape index (κ2) is 4.45. The monoisotopic (exact) mass is 286 g/mol. The fourth-order valence-corrected chi connectivity index (χ4v) is 3.09. The van der Waals surface area contributed by atoms with Crippen LogP contribution in [0.2, 0.25) is 0 Å². The van der Waals surface area contributed by atoms with Gasteiger partial charge in [0.2, 0.25) is 0 Å². The van der Waals surface area contributed by atoms with E-state index in [4.69, 9.17) is 0 Å². The summed E-state index contributed by atoms with van der Waals surface area (Å²) in [6.07, 6.45) is 5.51. The highest BCUT2D eigenvalue weighted by Gasteiger charge is 2.29. The number of nitrogens with zero attached hydrogens (tertiary/aromatic N) is 5. The summed E-state index contributed by atoms with van der Waals surface area (Å²) in [6.45, 7) is 3.88. The zero-order chi connectivity index (χ0) is 13.5. The summed E-state index contributed by atoms with van der Waals surface area (Å²) in [6, 6.07) is 2.51. The van der Waals surface area contributed by atoms with Crippen LogP contribution in [0.5, 0.6) is 0 Å². The van der Waals surface area contributed by atoms with Gasteiger partial charge in [-0.2, -0.15) is 5.10 Å². The number of hydrogen-bond donors (Lipinski definition) is 1. The van der Waals surface area contributed by atoms with E-state index in [-0.39, 0.29) is 0 Å². The molecule has 0 saturated carbocycles. The molecule has 0 bridgehead atoms. The third kappa shape index (κ3) is 1.90. The molecular weight excluding hydrogens is 272 g/mol. The number of nitrogens with one attached hydrogen (secondary N) is 1. The molecule has 1 aliphatic heterocycles. The van der Waals surface area contributed by atoms with Crippen LogP contribution in [0.15, 0.2) is 30.0 Å². The van der Waals surface area contributed by atoms with Gasteiger partial charge in [0, 0.05) is 37.1 Å². The molecule has 0 radical (unpaired) electrons. The Hall–Kier alpha value is -2.15. The van der Waals surface area contributed by atoms with Gasteiger partial charge in [0.15, 0.2) is 10.9 Å². The molecule has 0 amide bonds. The summed E-state index contributed by atoms with van der Waals surface area (Å²) in [5.41, 5.74) is 2.08. The molecule has 0 unspecified atom stereocenters. The second-order valence-electron chi connectivity index (χ2n) is 4.95. The third-order valence-electron chi connectivity index (χ3n) is 3.43. The van der Waals surface area contributed by atoms with Crippen molar-refractivity contribution in [1.29, 1.82) is 0 Å². The van der Waals surface area contributed by atoms with E-state index in [2.05, 4.69) is 31.3 Å². The molecule has 4 heterocycles. The van der Waals surface area contributed by atoms with E-state index in [9.17, 15) is 0 Å². The van der Waals surface area contributed by atoms with Crippen LogP contribution in [0.4, 0.5) is 10.9 Å². The summed E-state index contributed by atoms with van der Waals surface area (Å²) < 4.78 is 1.89. The van der Waals surface area contributed by atoms with Crippen LogP contribution < -0.4 is 10.2 Å². The molecular formula is C13H14N6S. The fraction of sp³-hybridized carbons (Fsp3) is 0.308. The van der Waals surface area contributed by atoms with Gasteiger partial charge in [-0.25, -0.2) is 14.5 Å². The second-order valence-corrected chi connectivity index (χ2v) is 5.84. The molecule has 1 N–H and O–H groups in total. The van der Waals surface area contributed by atoms with Gasteiger partial charge in [-0.15, -0.1) is 11.3 Å². The molecule has 6 nitrogen and oxygen atoms in total. The average Bonchev–Trinajstić information content (AvgIpc) is 3.00. The van der Waals surface area contributed by atoms with E-state index in [1.807, 2.05) is 29.2 Å². The van der Waals surface area contributed by atoms with Crippen molar-refractivity contribution < 1.29 is 0 Å². The lowest BCUT2D eigenvalue weighted by Crippen LogP contribution is -2.55. The highest BCUT2D eigenvalue weighted by Crippen LogP contribution is 2.26. The van der Waals surface area contributed by atoms with Gasteiger partial charge in [0.05, 0.1) is 11.7 Å². The van der Waals surface area contributed by atoms with Gasteiger partial charge in [0.25, 0.3) is 0 Å². The highest BCUT2D eigenvalue weighted by atomic mass is 32.1. The van der Waals surface area contributed by atoms with Crippen molar-refractivity contribution in [3.8, 4) is 0 Å². The summed E-state index contributed by atoms with van der Waals surface area (Å²) in [5.74, 6) is 1.00. The summed E-state index contributed by atoms with van der Waals surface area (Å²) in [4.78, 5) is 11.0. The number of thiazole rings is 1. The highest BCUT2D eigenvalue weighted by molar-refractivity contribution is 7.13. The van der Waals surface area contributed by atoms with E-state index >= 15 is 0 Å². The Morgan fingerprint density at radius 1 is 1.30 bits per heavy atom. The SMILES string of the molecule is Cc1cc2c(N3CC(Nc4nccs4)C3)nccn2n1. The van der Waals surface area contributed by atoms with Gasteiger partial charge in [-0.05, 0) is 13.0 Å². The molecule has 0 aromatic carbocycles. The van der Waals surface area contributed by atoms with E-state index in [1.165, 1.54) is 0 Å². The lowest BCUT2D eigenvalue weighted by atomic mass is 10.1. The largest absolute Gasteiger partial charge is 0.355 e. The molecule has 3 aromatic rings. The smallest absolute Gasteiger partial charge is 0.182 e. The lowest BCUT2D eigenvalue weighted by Gasteiger charge is -2.40. The number of fused-ring (bicyclic) bond motifs is 1. The number of aryl methyl sites for hydroxylation is 1. The van der Waals surface area contributed by atoms with Crippen molar-refractivity contribution in [1.82, 2.24) is 19.6 Å². The van der Waals surface area contributed by atoms with Crippen LogP contribution in [-0.2, 0) is 0 Å². The maximum Gasteiger partial charge on any atom is 0.182 e. The van der Waals surface area contributed by atoms with Crippen molar-refractivity contribution in [2.45, 2.75) is 13.0 Å². The summed E-state index contributed by atoms with van der Waals surface area (Å²) in [5, 5.41) is 10.8. The molecule has 0 atom stereocenters. The standard InChI is InChI=1S/C13H14N6S/c1-9-6-11-12(14-2-4-19(11)17-9)18-7-10(8-18)16-13-15-3-5-20-13/h2-6,10H,7-8H2,1H3,(H,15,16). The van der Waals surface area contributed by atoms with Crippen molar-refractivity contribution in [3.63, 3.8) is 0 Å². The molecule has 0 aliphatic carbocycles. The minimum Gasteiger partial charge on any atom is -0.355 e. The van der Waals surface area contributed by atoms with E-state index in [0.29, 0.717) is 6.04 Å². The third-order valence-corrected chi connectivity index (χ3v) is 4.14. The van der Waals surface area contributed by atoms with E-state index in [0.717, 1.165) is 35.2 Å². The van der Waals surface area contributed by atoms with Gasteiger partial charge in [0.1, 0.15) is 5.52 Å². The number of anilines is 2. The summed E-state index contributed by atoms with van der Waals surface area (Å²) in [7, 11) is 0. The van der Waals surface area contributed by atoms with Crippen LogP contribution in [0.3, 0.4) is 0 Å². The van der Waals surface area contributed by atoms with Crippen LogP contribution in [0.25, 0.3) is 5.52 Å². The number of hydrogen-bond acceptors (Lipinski definition) is 6. The Kier molecular flexibility index (Phi) is 2.59. The zero-order valence-electron chi connectivity index (χ0n) is 11.0. The Balaban J connectivity index is 1.52. The van der Waals surface area contributed by atoms with Crippen molar-refractivity contribution in [2.24, 2.45) is 0 Å². The fourth-order valence-electron chi connectivity index (χ4n) is 2.49. The molecule has 20 heavy (non-hydrogen) atoms. The molecule has 102 valence electrons. The average molecular weight is 286 g/mol. The molecule has 1 saturated heterocycles. The minimum atomic E-state index is 0.437. The van der Waals surface area contributed by atoms with Crippen molar-refractivity contribution in [2.75, 3.05) is 23.3 Å². The number of rotatable bonds is 3. The molecule has 4 rings (SSSR count). The van der Waals surface area contributed by atoms with Gasteiger partial charge in [-0.1, -0.05) is 0 Å². The Morgan fingerprint density at radius 2 is 2.20 bits per heavy atom. The molecule has 1 aliphatic rings. The Bertz CT molecular complexity index is 728. The Morgan fingerprint density at radius 3 is 3.00 bits per heavy atom. The van der Waals surface area contributed by atoms with E-state index < -0.39 is 0 Å². The number of aromatic nitrogens is 4. The maximum atomic E-state index is 4.50. The van der Waals surface area contributed by atoms with E-state index in [1.54, 1.807) is 17.5 Å². The first kappa shape index (κ1) is 11.7. The topological polar surface area (TPSA) is 58.3 Å². The first-order valence-electron chi connectivity index (χ1n) is 6.51. The predicted octanol–water partition coefficient (Wildman–Crippen LogP) is 1.79. The first-order chi connectivity index (χ1) is 9.79. The van der Waals surface area contributed by atoms with Crippen LogP contribution in [-0.4, -0.2) is 38.7 Å². The van der Waals surface area contributed by atoms with Gasteiger partial charge < -0.3 is 10.2 Å². The first-order valence-corrected chi connectivity index (χ1v) is 7.39. The van der Waals surface area contributed by atoms with Gasteiger partial charge >= 0.3 is 0 Å². The predicted molar refractivity (Wildman–Crippen MR) is 79.5 cm³/mol. The van der Waals surface area contributed by atoms with Crippen LogP contribution >= 0.6 is 11.3 Å². The normalized spacial score (nSPS) is 15.6. The summed E-state index contributed by atoms with van der Waals surface area (Å²) >= 11 is 1.63. The maximum absolute atomic E-state index is 4.50. The van der Waals surface area contributed by atoms with Crippen molar-refractivity contribution >= 4 is 27.8 Å². The van der Waals surface area contributed by atoms with Gasteiger partial charge in [-0.3, -0.25) is 0 Å². The van der Waals surface area contributed by atoms with Crippen LogP contribution in [0.1, 0.15) is 5.69 Å². The lowest BCUT2D eigenvalue weighted by molar-refractivity contribution is 0.545. The molecule has 1 fully saturated rings. The minimum absolute atomic E-state index is 0.437. The van der Waals surface area contributed by atoms with Crippen molar-refractivity contribution in [3.05, 3.63) is 35.7 Å². The van der Waals surface area contributed by atoms with Crippen LogP contribution in [0, 0.1) is 6.92 Å². The molecule has 0 spiro atoms.